The molecule has 0 bridgehead atoms. The molecule has 7 heavy (non-hydrogen) atoms. The number of hydrogen-bond donors (Lipinski definition) is 1. The molecule has 0 rings (SSSR count). The Morgan fingerprint density at radius 1 is 1.29 bits per heavy atom. The summed E-state index contributed by atoms with van der Waals surface area (Å²) in [5, 5.41) is 0. The predicted molar refractivity (Wildman–Crippen MR) is 21.0 cm³/mol. The molecule has 0 saturated carbocycles. The second-order valence-electron chi connectivity index (χ2n) is 0.0690. The van der Waals surface area contributed by atoms with Gasteiger partial charge in [0.2, 0.25) is 0 Å². The minimum Gasteiger partial charge on any atom is -1.00 e. The molecule has 0 saturated heterocycles. The molecule has 5 nitrogen and oxygen atoms in total. The molecule has 7 N–H and O–H groups in total. The summed E-state index contributed by atoms with van der Waals surface area (Å²) in [5.74, 6) is 0. The average molecular weight is 165 g/mol. The quantitative estimate of drug-likeness (QED) is 0.362. The van der Waals surface area contributed by atoms with Gasteiger partial charge in [-0.1, -0.05) is 0 Å². The van der Waals surface area contributed by atoms with E-state index in [-0.39, 0.29) is 68.3 Å². The van der Waals surface area contributed by atoms with Gasteiger partial charge in [-0.25, -0.2) is 0 Å². The first-order valence-electron chi connectivity index (χ1n) is 0.323. The maximum absolute atomic E-state index is 8.35. The van der Waals surface area contributed by atoms with Gasteiger partial charge in [0, 0.05) is 0 Å². The van der Waals surface area contributed by atoms with Crippen LogP contribution in [0.3, 0.4) is 0 Å². The molecule has 0 atom stereocenters. The Kier molecular flexibility index (Phi) is 308. The molecular weight excluding hydrogens is 156 g/mol. The molecule has 0 aliphatic carbocycles. The Morgan fingerprint density at radius 2 is 1.29 bits per heavy atom. The fourth-order valence-corrected chi connectivity index (χ4v) is 0. The average Bonchev–Trinajstić information content (AvgIpc) is 0.918. The van der Waals surface area contributed by atoms with E-state index in [4.69, 9.17) is 9.32 Å². The first-order valence-corrected chi connectivity index (χ1v) is 0.970. The monoisotopic (exact) mass is 164 g/mol. The van der Waals surface area contributed by atoms with Crippen LogP contribution in [0.1, 0.15) is 2.85 Å². The van der Waals surface area contributed by atoms with E-state index in [1.807, 2.05) is 0 Å². The summed E-state index contributed by atoms with van der Waals surface area (Å²) in [6.45, 7) is 0. The summed E-state index contributed by atoms with van der Waals surface area (Å²) < 4.78 is 15.2. The summed E-state index contributed by atoms with van der Waals surface area (Å²) in [6.07, 6.45) is 0. The van der Waals surface area contributed by atoms with E-state index < -0.39 is 0 Å². The smallest absolute Gasteiger partial charge is 1.00 e. The van der Waals surface area contributed by atoms with E-state index in [0.29, 0.717) is 0 Å². The fourth-order valence-electron chi connectivity index (χ4n) is 0. The van der Waals surface area contributed by atoms with Crippen LogP contribution in [-0.4, -0.2) is 58.8 Å². The molecule has 0 spiro atoms. The van der Waals surface area contributed by atoms with Gasteiger partial charge in [-0.3, -0.25) is 0 Å². The van der Waals surface area contributed by atoms with Gasteiger partial charge in [-0.2, -0.15) is 0 Å². The van der Waals surface area contributed by atoms with Crippen LogP contribution in [0.15, 0.2) is 0 Å². The summed E-state index contributed by atoms with van der Waals surface area (Å²) in [4.78, 5) is 0. The third-order valence-corrected chi connectivity index (χ3v) is 0. The maximum atomic E-state index is 8.35. The van der Waals surface area contributed by atoms with Gasteiger partial charge in [0.25, 0.3) is 0 Å². The molecule has 0 amide bonds. The third kappa shape index (κ3) is 115. The van der Waals surface area contributed by atoms with Crippen LogP contribution in [0.2, 0.25) is 0 Å². The second kappa shape index (κ2) is 53.7. The van der Waals surface area contributed by atoms with Crippen molar-refractivity contribution in [2.75, 3.05) is 0 Å². The van der Waals surface area contributed by atoms with Crippen molar-refractivity contribution in [2.45, 2.75) is 0 Å². The number of rotatable bonds is 0. The molecular formula is H9CaClO5. The largest absolute Gasteiger partial charge is 2.00 e. The van der Waals surface area contributed by atoms with Crippen LogP contribution in [0.4, 0.5) is 0 Å². The topological polar surface area (TPSA) is 138 Å². The van der Waals surface area contributed by atoms with Crippen molar-refractivity contribution in [1.29, 1.82) is 0 Å². The van der Waals surface area contributed by atoms with Crippen molar-refractivity contribution >= 4 is 37.7 Å². The van der Waals surface area contributed by atoms with Crippen molar-refractivity contribution in [1.82, 2.24) is 0 Å². The molecule has 0 heterocycles. The number of hydrogen-bond acceptors (Lipinski definition) is 2. The van der Waals surface area contributed by atoms with E-state index in [9.17, 15) is 0 Å². The van der Waals surface area contributed by atoms with Gasteiger partial charge in [0.15, 0.2) is 0 Å². The molecule has 0 aliphatic rings. The van der Waals surface area contributed by atoms with E-state index in [0.717, 1.165) is 0 Å². The van der Waals surface area contributed by atoms with Crippen LogP contribution in [0, 0.1) is 11.3 Å². The summed E-state index contributed by atoms with van der Waals surface area (Å²) in [5.41, 5.74) is 0. The molecule has 0 aromatic carbocycles. The zero-order chi connectivity index (χ0) is 2.71. The van der Waals surface area contributed by atoms with Gasteiger partial charge in [-0.15, -0.1) is 4.66 Å². The fraction of sp³-hybridized carbons (Fsp3) is 0. The van der Waals surface area contributed by atoms with E-state index >= 15 is 0 Å². The zero-order valence-electron chi connectivity index (χ0n) is 5.44. The first-order chi connectivity index (χ1) is 1.41. The molecule has 0 aromatic rings. The molecule has 0 aliphatic heterocycles. The van der Waals surface area contributed by atoms with Gasteiger partial charge >= 0.3 is 49.1 Å². The first kappa shape index (κ1) is 40.2. The van der Waals surface area contributed by atoms with Crippen LogP contribution >= 0.6 is 0 Å². The van der Waals surface area contributed by atoms with Crippen molar-refractivity contribution in [2.24, 2.45) is 0 Å². The van der Waals surface area contributed by atoms with Crippen LogP contribution in [0.25, 0.3) is 0 Å². The Labute approximate surface area is 77.3 Å². The summed E-state index contributed by atoms with van der Waals surface area (Å²) in [7, 11) is 0. The Hall–Kier alpha value is 1.35. The Balaban J connectivity index is -0.00000000133. The van der Waals surface area contributed by atoms with Crippen molar-refractivity contribution in [3.05, 3.63) is 0 Å². The van der Waals surface area contributed by atoms with Crippen LogP contribution in [-0.2, 0) is 0 Å². The van der Waals surface area contributed by atoms with Crippen LogP contribution < -0.4 is 4.66 Å². The van der Waals surface area contributed by atoms with Gasteiger partial charge in [0.05, 0.1) is 0 Å². The predicted octanol–water partition coefficient (Wildman–Crippen LogP) is -4.38. The normalized spacial score (nSPS) is 2.57. The van der Waals surface area contributed by atoms with Gasteiger partial charge in [0.1, 0.15) is 0 Å². The standard InChI is InChI=1S/Ca.ClHO2.3H2O.2H/c;2-1-3;;;;;/h;2H;3*1H2;;/q+2;;;;;2*-1. The van der Waals surface area contributed by atoms with Crippen LogP contribution in [0.5, 0.6) is 0 Å². The minimum atomic E-state index is -0.167. The van der Waals surface area contributed by atoms with E-state index in [1.165, 1.54) is 0 Å². The van der Waals surface area contributed by atoms with Crippen molar-refractivity contribution in [3.8, 4) is 0 Å². The Morgan fingerprint density at radius 3 is 1.29 bits per heavy atom. The molecule has 0 radical (unpaired) electrons. The SMILES string of the molecule is O.O.O.[Ca+2].[H-].[H-].[O-][Cl+]O. The third-order valence-electron chi connectivity index (χ3n) is 0. The Bertz CT molecular complexity index is 14.9. The van der Waals surface area contributed by atoms with Gasteiger partial charge in [-0.05, 0) is 0 Å². The van der Waals surface area contributed by atoms with Gasteiger partial charge < -0.3 is 23.9 Å². The summed E-state index contributed by atoms with van der Waals surface area (Å²) in [6, 6.07) is 0. The minimum absolute atomic E-state index is 0. The second-order valence-corrected chi connectivity index (χ2v) is 0.207. The number of halogens is 1. The van der Waals surface area contributed by atoms with Crippen molar-refractivity contribution in [3.63, 3.8) is 0 Å². The van der Waals surface area contributed by atoms with E-state index in [2.05, 4.69) is 0 Å². The van der Waals surface area contributed by atoms with E-state index in [1.54, 1.807) is 0 Å². The summed E-state index contributed by atoms with van der Waals surface area (Å²) >= 11 is -0.167. The molecule has 0 unspecified atom stereocenters. The molecule has 48 valence electrons. The maximum Gasteiger partial charge on any atom is 2.00 e. The molecule has 7 heteroatoms. The molecule has 0 fully saturated rings. The van der Waals surface area contributed by atoms with Crippen molar-refractivity contribution < 1.29 is 39.9 Å². The zero-order valence-corrected chi connectivity index (χ0v) is 6.40. The molecule has 0 aromatic heterocycles.